The van der Waals surface area contributed by atoms with E-state index in [0.29, 0.717) is 12.1 Å². The number of amides is 2. The van der Waals surface area contributed by atoms with Crippen LogP contribution in [0.3, 0.4) is 0 Å². The van der Waals surface area contributed by atoms with Crippen molar-refractivity contribution < 1.29 is 22.4 Å². The highest BCUT2D eigenvalue weighted by Crippen LogP contribution is 2.24. The van der Waals surface area contributed by atoms with Gasteiger partial charge in [-0.3, -0.25) is 13.9 Å². The number of hydrogen-bond donors (Lipinski definition) is 1. The summed E-state index contributed by atoms with van der Waals surface area (Å²) in [6, 6.07) is 12.2. The Morgan fingerprint density at radius 3 is 2.25 bits per heavy atom. The van der Waals surface area contributed by atoms with E-state index in [1.54, 1.807) is 37.3 Å². The molecule has 1 aliphatic rings. The van der Waals surface area contributed by atoms with Crippen LogP contribution in [0, 0.1) is 5.82 Å². The van der Waals surface area contributed by atoms with E-state index in [1.807, 2.05) is 19.1 Å². The van der Waals surface area contributed by atoms with Crippen LogP contribution in [-0.4, -0.2) is 50.0 Å². The van der Waals surface area contributed by atoms with E-state index in [2.05, 4.69) is 5.32 Å². The number of carbonyl (C=O) groups is 2. The summed E-state index contributed by atoms with van der Waals surface area (Å²) < 4.78 is 41.1. The van der Waals surface area contributed by atoms with E-state index >= 15 is 0 Å². The number of halogens is 1. The fourth-order valence-corrected chi connectivity index (χ4v) is 5.49. The first kappa shape index (κ1) is 27.6. The lowest BCUT2D eigenvalue weighted by atomic mass is 9.95. The van der Waals surface area contributed by atoms with Gasteiger partial charge in [0.1, 0.15) is 18.4 Å². The van der Waals surface area contributed by atoms with Gasteiger partial charge in [-0.05, 0) is 43.9 Å². The fourth-order valence-electron chi connectivity index (χ4n) is 4.61. The van der Waals surface area contributed by atoms with Crippen LogP contribution in [0.15, 0.2) is 48.5 Å². The number of rotatable bonds is 10. The van der Waals surface area contributed by atoms with Crippen LogP contribution in [0.2, 0.25) is 0 Å². The summed E-state index contributed by atoms with van der Waals surface area (Å²) in [6.45, 7) is 2.86. The average Bonchev–Trinajstić information content (AvgIpc) is 2.86. The highest BCUT2D eigenvalue weighted by atomic mass is 32.2. The highest BCUT2D eigenvalue weighted by Gasteiger charge is 2.32. The number of nitrogens with one attached hydrogen (secondary N) is 1. The van der Waals surface area contributed by atoms with Gasteiger partial charge in [-0.1, -0.05) is 62.6 Å². The SMILES string of the molecule is CCc1ccccc1N(CC(=O)N(Cc1ccccc1F)[C@H](C)C(=O)NC1CCCCC1)S(C)(=O)=O. The summed E-state index contributed by atoms with van der Waals surface area (Å²) in [7, 11) is -3.82. The van der Waals surface area contributed by atoms with Crippen molar-refractivity contribution in [3.05, 3.63) is 65.5 Å². The number of nitrogens with zero attached hydrogens (tertiary/aromatic N) is 2. The zero-order chi connectivity index (χ0) is 26.3. The second-order valence-corrected chi connectivity index (χ2v) is 11.3. The van der Waals surface area contributed by atoms with Gasteiger partial charge >= 0.3 is 0 Å². The molecule has 0 radical (unpaired) electrons. The Labute approximate surface area is 213 Å². The number of benzene rings is 2. The molecule has 2 aromatic rings. The first-order valence-electron chi connectivity index (χ1n) is 12.5. The van der Waals surface area contributed by atoms with Gasteiger partial charge in [0.15, 0.2) is 0 Å². The molecule has 2 amide bonds. The average molecular weight is 518 g/mol. The van der Waals surface area contributed by atoms with Gasteiger partial charge in [0.25, 0.3) is 0 Å². The van der Waals surface area contributed by atoms with Gasteiger partial charge in [-0.25, -0.2) is 12.8 Å². The van der Waals surface area contributed by atoms with Crippen molar-refractivity contribution in [2.75, 3.05) is 17.1 Å². The van der Waals surface area contributed by atoms with Crippen LogP contribution in [0.25, 0.3) is 0 Å². The lowest BCUT2D eigenvalue weighted by Crippen LogP contribution is -2.53. The molecule has 36 heavy (non-hydrogen) atoms. The van der Waals surface area contributed by atoms with E-state index < -0.39 is 34.3 Å². The normalized spacial score (nSPS) is 15.2. The molecule has 1 saturated carbocycles. The van der Waals surface area contributed by atoms with Crippen molar-refractivity contribution in [2.24, 2.45) is 0 Å². The first-order chi connectivity index (χ1) is 17.1. The van der Waals surface area contributed by atoms with Gasteiger partial charge in [-0.15, -0.1) is 0 Å². The van der Waals surface area contributed by atoms with E-state index in [-0.39, 0.29) is 24.1 Å². The van der Waals surface area contributed by atoms with E-state index in [9.17, 15) is 22.4 Å². The summed E-state index contributed by atoms with van der Waals surface area (Å²) in [6.07, 6.45) is 6.61. The number of para-hydroxylation sites is 1. The Morgan fingerprint density at radius 2 is 1.64 bits per heavy atom. The molecule has 7 nitrogen and oxygen atoms in total. The third-order valence-electron chi connectivity index (χ3n) is 6.74. The molecule has 3 rings (SSSR count). The molecule has 0 spiro atoms. The summed E-state index contributed by atoms with van der Waals surface area (Å²) in [5.74, 6) is -1.40. The van der Waals surface area contributed by atoms with Crippen LogP contribution in [0.4, 0.5) is 10.1 Å². The minimum atomic E-state index is -3.82. The van der Waals surface area contributed by atoms with Crippen LogP contribution in [0.1, 0.15) is 57.1 Å². The van der Waals surface area contributed by atoms with Crippen LogP contribution in [0.5, 0.6) is 0 Å². The maximum atomic E-state index is 14.5. The largest absolute Gasteiger partial charge is 0.352 e. The molecule has 0 saturated heterocycles. The van der Waals surface area contributed by atoms with Crippen molar-refractivity contribution in [1.29, 1.82) is 0 Å². The Bertz CT molecular complexity index is 1170. The first-order valence-corrected chi connectivity index (χ1v) is 14.4. The number of aryl methyl sites for hydroxylation is 1. The summed E-state index contributed by atoms with van der Waals surface area (Å²) >= 11 is 0. The van der Waals surface area contributed by atoms with Crippen molar-refractivity contribution in [1.82, 2.24) is 10.2 Å². The smallest absolute Gasteiger partial charge is 0.244 e. The van der Waals surface area contributed by atoms with Gasteiger partial charge in [0.05, 0.1) is 11.9 Å². The lowest BCUT2D eigenvalue weighted by molar-refractivity contribution is -0.139. The number of carbonyl (C=O) groups excluding carboxylic acids is 2. The predicted molar refractivity (Wildman–Crippen MR) is 139 cm³/mol. The molecule has 196 valence electrons. The standard InChI is InChI=1S/C27H36FN3O4S/c1-4-21-12-9-11-17-25(21)31(36(3,34)35)19-26(32)30(18-22-13-8-10-16-24(22)28)20(2)27(33)29-23-14-6-5-7-15-23/h8-13,16-17,20,23H,4-7,14-15,18-19H2,1-3H3,(H,29,33)/t20-/m1/s1. The maximum absolute atomic E-state index is 14.5. The molecule has 1 aliphatic carbocycles. The van der Waals surface area contributed by atoms with Crippen molar-refractivity contribution >= 4 is 27.5 Å². The Hall–Kier alpha value is -2.94. The molecule has 0 aliphatic heterocycles. The topological polar surface area (TPSA) is 86.8 Å². The fraction of sp³-hybridized carbons (Fsp3) is 0.481. The maximum Gasteiger partial charge on any atom is 0.244 e. The summed E-state index contributed by atoms with van der Waals surface area (Å²) in [5, 5.41) is 3.03. The predicted octanol–water partition coefficient (Wildman–Crippen LogP) is 4.02. The molecule has 1 fully saturated rings. The van der Waals surface area contributed by atoms with Crippen molar-refractivity contribution in [3.63, 3.8) is 0 Å². The van der Waals surface area contributed by atoms with Crippen LogP contribution in [-0.2, 0) is 32.6 Å². The second kappa shape index (κ2) is 12.3. The molecule has 0 aromatic heterocycles. The van der Waals surface area contributed by atoms with E-state index in [0.717, 1.165) is 48.2 Å². The minimum Gasteiger partial charge on any atom is -0.352 e. The van der Waals surface area contributed by atoms with E-state index in [1.165, 1.54) is 11.0 Å². The second-order valence-electron chi connectivity index (χ2n) is 9.38. The number of anilines is 1. The number of hydrogen-bond acceptors (Lipinski definition) is 4. The van der Waals surface area contributed by atoms with Gasteiger partial charge < -0.3 is 10.2 Å². The third kappa shape index (κ3) is 7.06. The molecule has 9 heteroatoms. The van der Waals surface area contributed by atoms with Crippen molar-refractivity contribution in [3.8, 4) is 0 Å². The molecular weight excluding hydrogens is 481 g/mol. The summed E-state index contributed by atoms with van der Waals surface area (Å²) in [5.41, 5.74) is 1.45. The zero-order valence-corrected chi connectivity index (χ0v) is 22.1. The lowest BCUT2D eigenvalue weighted by Gasteiger charge is -2.33. The van der Waals surface area contributed by atoms with E-state index in [4.69, 9.17) is 0 Å². The molecule has 1 atom stereocenters. The zero-order valence-electron chi connectivity index (χ0n) is 21.2. The quantitative estimate of drug-likeness (QED) is 0.516. The van der Waals surface area contributed by atoms with Crippen molar-refractivity contribution in [2.45, 2.75) is 71.0 Å². The van der Waals surface area contributed by atoms with Gasteiger partial charge in [-0.2, -0.15) is 0 Å². The summed E-state index contributed by atoms with van der Waals surface area (Å²) in [4.78, 5) is 28.1. The minimum absolute atomic E-state index is 0.0445. The molecule has 2 aromatic carbocycles. The molecule has 1 N–H and O–H groups in total. The third-order valence-corrected chi connectivity index (χ3v) is 7.86. The molecule has 0 bridgehead atoms. The molecule has 0 heterocycles. The Morgan fingerprint density at radius 1 is 1.03 bits per heavy atom. The molecule has 0 unspecified atom stereocenters. The van der Waals surface area contributed by atoms with Gasteiger partial charge in [0.2, 0.25) is 21.8 Å². The van der Waals surface area contributed by atoms with Gasteiger partial charge in [0, 0.05) is 18.2 Å². The highest BCUT2D eigenvalue weighted by molar-refractivity contribution is 7.92. The number of sulfonamides is 1. The monoisotopic (exact) mass is 517 g/mol. The van der Waals surface area contributed by atoms with Crippen LogP contribution >= 0.6 is 0 Å². The Balaban J connectivity index is 1.90. The Kier molecular flexibility index (Phi) is 9.48. The van der Waals surface area contributed by atoms with Crippen LogP contribution < -0.4 is 9.62 Å². The molecular formula is C27H36FN3O4S.